The molecule has 0 aromatic carbocycles. The fourth-order valence-electron chi connectivity index (χ4n) is 5.94. The smallest absolute Gasteiger partial charge is 0.376 e. The van der Waals surface area contributed by atoms with Crippen molar-refractivity contribution in [2.75, 3.05) is 5.32 Å². The zero-order chi connectivity index (χ0) is 27.3. The zero-order valence-electron chi connectivity index (χ0n) is 23.0. The summed E-state index contributed by atoms with van der Waals surface area (Å²) in [7, 11) is 1.87. The molecule has 12 heteroatoms. The lowest BCUT2D eigenvalue weighted by molar-refractivity contribution is 0.0824. The van der Waals surface area contributed by atoms with Crippen LogP contribution < -0.4 is 11.1 Å². The summed E-state index contributed by atoms with van der Waals surface area (Å²) in [4.78, 5) is 33.1. The van der Waals surface area contributed by atoms with Gasteiger partial charge in [0.15, 0.2) is 17.1 Å². The van der Waals surface area contributed by atoms with Gasteiger partial charge in [0.05, 0.1) is 12.0 Å². The Balaban J connectivity index is 1.53. The second kappa shape index (κ2) is 9.89. The summed E-state index contributed by atoms with van der Waals surface area (Å²) in [6.45, 7) is 6.90. The number of nitrogens with one attached hydrogen (secondary N) is 2. The highest BCUT2D eigenvalue weighted by molar-refractivity contribution is 5.86. The van der Waals surface area contributed by atoms with E-state index in [-0.39, 0.29) is 17.7 Å². The molecule has 0 spiro atoms. The van der Waals surface area contributed by atoms with Gasteiger partial charge in [0.25, 0.3) is 0 Å². The van der Waals surface area contributed by atoms with Crippen LogP contribution in [0.3, 0.4) is 0 Å². The van der Waals surface area contributed by atoms with Crippen molar-refractivity contribution in [1.29, 1.82) is 0 Å². The van der Waals surface area contributed by atoms with E-state index >= 15 is 0 Å². The van der Waals surface area contributed by atoms with Gasteiger partial charge in [-0.25, -0.2) is 24.7 Å². The van der Waals surface area contributed by atoms with Gasteiger partial charge in [-0.15, -0.1) is 0 Å². The molecule has 2 aliphatic carbocycles. The Morgan fingerprint density at radius 2 is 1.97 bits per heavy atom. The van der Waals surface area contributed by atoms with Crippen LogP contribution in [0, 0.1) is 17.8 Å². The molecule has 0 amide bonds. The van der Waals surface area contributed by atoms with E-state index in [2.05, 4.69) is 38.9 Å². The Bertz CT molecular complexity index is 1520. The number of nitrogens with zero attached hydrogens (tertiary/aromatic N) is 7. The monoisotopic (exact) mass is 535 g/mol. The van der Waals surface area contributed by atoms with Crippen LogP contribution in [0.4, 0.5) is 5.82 Å². The number of hydrogen-bond donors (Lipinski definition) is 3. The molecule has 12 nitrogen and oxygen atoms in total. The average Bonchev–Trinajstić information content (AvgIpc) is 3.58. The fourth-order valence-corrected chi connectivity index (χ4v) is 5.94. The van der Waals surface area contributed by atoms with E-state index in [4.69, 9.17) is 19.5 Å². The van der Waals surface area contributed by atoms with Crippen LogP contribution in [0.25, 0.3) is 22.8 Å². The third-order valence-corrected chi connectivity index (χ3v) is 8.69. The quantitative estimate of drug-likeness (QED) is 0.307. The summed E-state index contributed by atoms with van der Waals surface area (Å²) in [5, 5.41) is 19.4. The Hall–Kier alpha value is -3.54. The van der Waals surface area contributed by atoms with Gasteiger partial charge in [-0.1, -0.05) is 31.3 Å². The number of aliphatic hydroxyl groups is 1. The van der Waals surface area contributed by atoms with Gasteiger partial charge >= 0.3 is 5.76 Å². The number of rotatable bonds is 8. The van der Waals surface area contributed by atoms with Crippen molar-refractivity contribution in [1.82, 2.24) is 39.2 Å². The van der Waals surface area contributed by atoms with Crippen molar-refractivity contribution >= 4 is 17.0 Å². The van der Waals surface area contributed by atoms with E-state index in [1.165, 1.54) is 32.1 Å². The Labute approximate surface area is 226 Å². The summed E-state index contributed by atoms with van der Waals surface area (Å²) < 4.78 is 8.64. The topological polar surface area (TPSA) is 153 Å². The molecule has 2 aliphatic rings. The number of fused-ring (bicyclic) bond motifs is 1. The summed E-state index contributed by atoms with van der Waals surface area (Å²) in [5.41, 5.74) is 0.191. The molecule has 2 saturated carbocycles. The van der Waals surface area contributed by atoms with Crippen LogP contribution in [0.1, 0.15) is 77.2 Å². The highest BCUT2D eigenvalue weighted by Crippen LogP contribution is 2.37. The van der Waals surface area contributed by atoms with Gasteiger partial charge in [0.1, 0.15) is 11.3 Å². The second-order valence-electron chi connectivity index (χ2n) is 11.8. The molecule has 0 radical (unpaired) electrons. The molecule has 39 heavy (non-hydrogen) atoms. The van der Waals surface area contributed by atoms with E-state index < -0.39 is 11.4 Å². The maximum atomic E-state index is 11.9. The Kier molecular flexibility index (Phi) is 6.52. The van der Waals surface area contributed by atoms with Gasteiger partial charge in [0.2, 0.25) is 11.6 Å². The molecule has 0 saturated heterocycles. The van der Waals surface area contributed by atoms with Crippen molar-refractivity contribution in [3.8, 4) is 11.6 Å². The maximum Gasteiger partial charge on any atom is 0.439 e. The van der Waals surface area contributed by atoms with Crippen LogP contribution in [0.2, 0.25) is 0 Å². The minimum absolute atomic E-state index is 0.134. The zero-order valence-corrected chi connectivity index (χ0v) is 23.0. The number of aromatic nitrogens is 8. The number of imidazole rings is 2. The van der Waals surface area contributed by atoms with Crippen molar-refractivity contribution in [2.24, 2.45) is 24.8 Å². The molecule has 2 atom stereocenters. The van der Waals surface area contributed by atoms with Gasteiger partial charge < -0.3 is 19.6 Å². The minimum Gasteiger partial charge on any atom is -0.376 e. The summed E-state index contributed by atoms with van der Waals surface area (Å²) in [6.07, 6.45) is 11.7. The molecule has 2 fully saturated rings. The van der Waals surface area contributed by atoms with Crippen molar-refractivity contribution in [3.63, 3.8) is 0 Å². The lowest BCUT2D eigenvalue weighted by atomic mass is 9.80. The summed E-state index contributed by atoms with van der Waals surface area (Å²) in [5.74, 6) is 2.46. The van der Waals surface area contributed by atoms with Gasteiger partial charge in [-0.2, -0.15) is 0 Å². The van der Waals surface area contributed by atoms with Gasteiger partial charge in [-0.05, 0) is 57.3 Å². The SMILES string of the molecule is CC1CCC(Cn2c(C(C)(O)c3cn(C)cn3)nc3nc(-c4noc(=O)[nH]4)nc(N[C@H](C)C4CCC4)c32)CC1. The van der Waals surface area contributed by atoms with E-state index in [0.29, 0.717) is 41.4 Å². The average molecular weight is 536 g/mol. The summed E-state index contributed by atoms with van der Waals surface area (Å²) in [6, 6.07) is 0.180. The maximum absolute atomic E-state index is 11.9. The number of aryl methyl sites for hydroxylation is 1. The molecule has 6 rings (SSSR count). The van der Waals surface area contributed by atoms with Crippen LogP contribution in [0.15, 0.2) is 21.8 Å². The van der Waals surface area contributed by atoms with Crippen LogP contribution in [-0.4, -0.2) is 50.4 Å². The fraction of sp³-hybridized carbons (Fsp3) is 0.630. The minimum atomic E-state index is -1.47. The molecule has 4 aromatic heterocycles. The molecule has 1 unspecified atom stereocenters. The first kappa shape index (κ1) is 25.7. The summed E-state index contributed by atoms with van der Waals surface area (Å²) >= 11 is 0. The lowest BCUT2D eigenvalue weighted by Crippen LogP contribution is -2.32. The first-order chi connectivity index (χ1) is 18.7. The molecule has 4 heterocycles. The highest BCUT2D eigenvalue weighted by Gasteiger charge is 2.37. The molecule has 0 aliphatic heterocycles. The second-order valence-corrected chi connectivity index (χ2v) is 11.8. The number of hydrogen-bond acceptors (Lipinski definition) is 9. The third-order valence-electron chi connectivity index (χ3n) is 8.69. The van der Waals surface area contributed by atoms with Crippen LogP contribution in [0.5, 0.6) is 0 Å². The van der Waals surface area contributed by atoms with E-state index in [1.54, 1.807) is 19.4 Å². The molecule has 3 N–H and O–H groups in total. The Morgan fingerprint density at radius 1 is 1.21 bits per heavy atom. The highest BCUT2D eigenvalue weighted by atomic mass is 16.5. The van der Waals surface area contributed by atoms with E-state index in [1.807, 2.05) is 11.6 Å². The lowest BCUT2D eigenvalue weighted by Gasteiger charge is -2.32. The van der Waals surface area contributed by atoms with Gasteiger partial charge in [-0.3, -0.25) is 9.51 Å². The van der Waals surface area contributed by atoms with Crippen molar-refractivity contribution < 1.29 is 9.63 Å². The first-order valence-corrected chi connectivity index (χ1v) is 14.0. The number of anilines is 1. The van der Waals surface area contributed by atoms with Crippen molar-refractivity contribution in [3.05, 3.63) is 34.6 Å². The Morgan fingerprint density at radius 3 is 2.59 bits per heavy atom. The molecule has 208 valence electrons. The molecular formula is C27H37N9O3. The van der Waals surface area contributed by atoms with Crippen molar-refractivity contribution in [2.45, 2.75) is 83.9 Å². The molecular weight excluding hydrogens is 498 g/mol. The standard InChI is InChI=1S/C27H37N9O3/c1-15-8-10-17(11-9-15)12-36-20-21(29-16(2)18-6-5-7-18)30-23(24-33-26(37)39-34-24)31-22(20)32-25(36)27(3,38)19-13-35(4)14-28-19/h13-18,38H,5-12H2,1-4H3,(H,29,30,31)(H,33,34,37)/t15?,16-,17?,27?/m1/s1. The van der Waals surface area contributed by atoms with Gasteiger partial charge in [0, 0.05) is 25.8 Å². The number of aromatic amines is 1. The van der Waals surface area contributed by atoms with E-state index in [9.17, 15) is 9.90 Å². The first-order valence-electron chi connectivity index (χ1n) is 14.0. The third kappa shape index (κ3) is 4.86. The predicted molar refractivity (Wildman–Crippen MR) is 145 cm³/mol. The van der Waals surface area contributed by atoms with E-state index in [0.717, 1.165) is 24.3 Å². The largest absolute Gasteiger partial charge is 0.439 e. The normalized spacial score (nSPS) is 22.5. The molecule has 0 bridgehead atoms. The molecule has 4 aromatic rings. The van der Waals surface area contributed by atoms with Crippen LogP contribution in [-0.2, 0) is 19.2 Å². The van der Waals surface area contributed by atoms with Crippen LogP contribution >= 0.6 is 0 Å². The predicted octanol–water partition coefficient (Wildman–Crippen LogP) is 3.59. The number of H-pyrrole nitrogens is 1.